The van der Waals surface area contributed by atoms with Crippen LogP contribution in [0, 0.1) is 6.92 Å². The van der Waals surface area contributed by atoms with Gasteiger partial charge in [0.1, 0.15) is 0 Å². The summed E-state index contributed by atoms with van der Waals surface area (Å²) in [6, 6.07) is 4.11. The number of pyridine rings is 1. The van der Waals surface area contributed by atoms with Gasteiger partial charge in [0.05, 0.1) is 5.69 Å². The molecule has 1 heterocycles. The first-order valence-electron chi connectivity index (χ1n) is 6.93. The molecule has 0 radical (unpaired) electrons. The van der Waals surface area contributed by atoms with Crippen molar-refractivity contribution in [2.45, 2.75) is 52.6 Å². The van der Waals surface area contributed by atoms with Crippen LogP contribution in [-0.2, 0) is 6.54 Å². The number of aromatic nitrogens is 1. The number of hydrogen-bond acceptors (Lipinski definition) is 3. The lowest BCUT2D eigenvalue weighted by Crippen LogP contribution is -2.51. The third-order valence-electron chi connectivity index (χ3n) is 3.92. The summed E-state index contributed by atoms with van der Waals surface area (Å²) in [4.78, 5) is 6.97. The molecule has 0 aromatic carbocycles. The van der Waals surface area contributed by atoms with Gasteiger partial charge in [0.2, 0.25) is 0 Å². The van der Waals surface area contributed by atoms with E-state index < -0.39 is 0 Å². The highest BCUT2D eigenvalue weighted by molar-refractivity contribution is 5.17. The highest BCUT2D eigenvalue weighted by Crippen LogP contribution is 2.21. The zero-order chi connectivity index (χ0) is 13.6. The Hall–Kier alpha value is -0.930. The van der Waals surface area contributed by atoms with Crippen molar-refractivity contribution < 1.29 is 0 Å². The topological polar surface area (TPSA) is 42.2 Å². The van der Waals surface area contributed by atoms with Gasteiger partial charge in [0.25, 0.3) is 0 Å². The van der Waals surface area contributed by atoms with Gasteiger partial charge in [0, 0.05) is 24.8 Å². The van der Waals surface area contributed by atoms with Gasteiger partial charge in [-0.1, -0.05) is 19.9 Å². The third-order valence-corrected chi connectivity index (χ3v) is 3.92. The van der Waals surface area contributed by atoms with Gasteiger partial charge in [0.15, 0.2) is 0 Å². The first-order chi connectivity index (χ1) is 8.57. The average molecular weight is 249 g/mol. The molecule has 1 atom stereocenters. The molecule has 1 aromatic heterocycles. The molecule has 0 aliphatic heterocycles. The van der Waals surface area contributed by atoms with Crippen molar-refractivity contribution >= 4 is 0 Å². The predicted octanol–water partition coefficient (Wildman–Crippen LogP) is 2.73. The summed E-state index contributed by atoms with van der Waals surface area (Å²) in [5.41, 5.74) is 8.47. The maximum Gasteiger partial charge on any atom is 0.0573 e. The van der Waals surface area contributed by atoms with E-state index in [0.717, 1.165) is 25.9 Å². The second kappa shape index (κ2) is 6.86. The van der Waals surface area contributed by atoms with Crippen LogP contribution in [0.25, 0.3) is 0 Å². The largest absolute Gasteiger partial charge is 0.329 e. The van der Waals surface area contributed by atoms with Crippen molar-refractivity contribution in [2.24, 2.45) is 5.73 Å². The Morgan fingerprint density at radius 3 is 2.61 bits per heavy atom. The number of nitrogens with two attached hydrogens (primary N) is 1. The Morgan fingerprint density at radius 2 is 2.11 bits per heavy atom. The summed E-state index contributed by atoms with van der Waals surface area (Å²) in [5.74, 6) is 0. The summed E-state index contributed by atoms with van der Waals surface area (Å²) >= 11 is 0. The SMILES string of the molecule is CCCN(Cc1ncccc1C)C(C)(CC)CN. The zero-order valence-corrected chi connectivity index (χ0v) is 12.2. The molecule has 1 rings (SSSR count). The minimum atomic E-state index is 0.0694. The summed E-state index contributed by atoms with van der Waals surface area (Å²) in [6.07, 6.45) is 4.08. The lowest BCUT2D eigenvalue weighted by Gasteiger charge is -2.40. The van der Waals surface area contributed by atoms with Crippen molar-refractivity contribution in [2.75, 3.05) is 13.1 Å². The van der Waals surface area contributed by atoms with Gasteiger partial charge in [-0.25, -0.2) is 0 Å². The maximum atomic E-state index is 5.98. The van der Waals surface area contributed by atoms with Crippen LogP contribution in [0.15, 0.2) is 18.3 Å². The molecular weight excluding hydrogens is 222 g/mol. The molecule has 0 saturated heterocycles. The molecule has 2 N–H and O–H groups in total. The zero-order valence-electron chi connectivity index (χ0n) is 12.2. The van der Waals surface area contributed by atoms with E-state index >= 15 is 0 Å². The highest BCUT2D eigenvalue weighted by Gasteiger charge is 2.28. The molecule has 1 aromatic rings. The Morgan fingerprint density at radius 1 is 1.39 bits per heavy atom. The molecule has 0 aliphatic rings. The van der Waals surface area contributed by atoms with Crippen molar-refractivity contribution in [3.63, 3.8) is 0 Å². The highest BCUT2D eigenvalue weighted by atomic mass is 15.2. The smallest absolute Gasteiger partial charge is 0.0573 e. The van der Waals surface area contributed by atoms with Gasteiger partial charge in [-0.15, -0.1) is 0 Å². The minimum absolute atomic E-state index is 0.0694. The molecule has 1 unspecified atom stereocenters. The van der Waals surface area contributed by atoms with E-state index in [-0.39, 0.29) is 5.54 Å². The molecule has 0 saturated carbocycles. The summed E-state index contributed by atoms with van der Waals surface area (Å²) in [7, 11) is 0. The molecule has 3 nitrogen and oxygen atoms in total. The molecule has 3 heteroatoms. The van der Waals surface area contributed by atoms with Gasteiger partial charge in [-0.3, -0.25) is 9.88 Å². The van der Waals surface area contributed by atoms with Crippen LogP contribution in [0.1, 0.15) is 44.9 Å². The van der Waals surface area contributed by atoms with Gasteiger partial charge < -0.3 is 5.73 Å². The molecule has 18 heavy (non-hydrogen) atoms. The molecule has 0 aliphatic carbocycles. The molecule has 0 spiro atoms. The second-order valence-corrected chi connectivity index (χ2v) is 5.24. The fourth-order valence-corrected chi connectivity index (χ4v) is 2.17. The molecular formula is C15H27N3. The van der Waals surface area contributed by atoms with E-state index in [9.17, 15) is 0 Å². The number of nitrogens with zero attached hydrogens (tertiary/aromatic N) is 2. The van der Waals surface area contributed by atoms with Crippen molar-refractivity contribution in [1.82, 2.24) is 9.88 Å². The van der Waals surface area contributed by atoms with Crippen LogP contribution in [0.4, 0.5) is 0 Å². The lowest BCUT2D eigenvalue weighted by molar-refractivity contribution is 0.0956. The fraction of sp³-hybridized carbons (Fsp3) is 0.667. The van der Waals surface area contributed by atoms with E-state index in [1.807, 2.05) is 12.3 Å². The van der Waals surface area contributed by atoms with Crippen LogP contribution >= 0.6 is 0 Å². The van der Waals surface area contributed by atoms with E-state index in [1.54, 1.807) is 0 Å². The Balaban J connectivity index is 2.90. The van der Waals surface area contributed by atoms with Crippen LogP contribution in [-0.4, -0.2) is 28.5 Å². The van der Waals surface area contributed by atoms with Crippen LogP contribution in [0.5, 0.6) is 0 Å². The number of rotatable bonds is 7. The lowest BCUT2D eigenvalue weighted by atomic mass is 9.95. The van der Waals surface area contributed by atoms with E-state index in [2.05, 4.69) is 43.6 Å². The summed E-state index contributed by atoms with van der Waals surface area (Å²) in [5, 5.41) is 0. The van der Waals surface area contributed by atoms with Crippen molar-refractivity contribution in [3.8, 4) is 0 Å². The Bertz CT molecular complexity index is 359. The molecule has 102 valence electrons. The van der Waals surface area contributed by atoms with E-state index in [0.29, 0.717) is 6.54 Å². The first kappa shape index (κ1) is 15.1. The monoisotopic (exact) mass is 249 g/mol. The van der Waals surface area contributed by atoms with Crippen LogP contribution < -0.4 is 5.73 Å². The quantitative estimate of drug-likeness (QED) is 0.808. The van der Waals surface area contributed by atoms with Gasteiger partial charge >= 0.3 is 0 Å². The standard InChI is InChI=1S/C15H27N3/c1-5-10-18(15(4,6-2)12-16)11-14-13(3)8-7-9-17-14/h7-9H,5-6,10-12,16H2,1-4H3. The minimum Gasteiger partial charge on any atom is -0.329 e. The van der Waals surface area contributed by atoms with Crippen LogP contribution in [0.2, 0.25) is 0 Å². The number of aryl methyl sites for hydroxylation is 1. The van der Waals surface area contributed by atoms with Crippen LogP contribution in [0.3, 0.4) is 0 Å². The predicted molar refractivity (Wildman–Crippen MR) is 77.4 cm³/mol. The second-order valence-electron chi connectivity index (χ2n) is 5.24. The van der Waals surface area contributed by atoms with E-state index in [1.165, 1.54) is 11.3 Å². The Labute approximate surface area is 111 Å². The summed E-state index contributed by atoms with van der Waals surface area (Å²) < 4.78 is 0. The van der Waals surface area contributed by atoms with Crippen molar-refractivity contribution in [1.29, 1.82) is 0 Å². The number of hydrogen-bond donors (Lipinski definition) is 1. The van der Waals surface area contributed by atoms with Gasteiger partial charge in [-0.2, -0.15) is 0 Å². The summed E-state index contributed by atoms with van der Waals surface area (Å²) in [6.45, 7) is 11.4. The normalized spacial score (nSPS) is 14.8. The van der Waals surface area contributed by atoms with Gasteiger partial charge in [-0.05, 0) is 44.9 Å². The van der Waals surface area contributed by atoms with Crippen molar-refractivity contribution in [3.05, 3.63) is 29.6 Å². The molecule has 0 bridgehead atoms. The molecule has 0 fully saturated rings. The first-order valence-corrected chi connectivity index (χ1v) is 6.93. The molecule has 0 amide bonds. The Kier molecular flexibility index (Phi) is 5.76. The average Bonchev–Trinajstić information content (AvgIpc) is 2.39. The third kappa shape index (κ3) is 3.53. The van der Waals surface area contributed by atoms with E-state index in [4.69, 9.17) is 5.73 Å². The fourth-order valence-electron chi connectivity index (χ4n) is 2.17. The maximum absolute atomic E-state index is 5.98.